The number of rotatable bonds is 8. The number of nitrogens with zero attached hydrogens (tertiary/aromatic N) is 1. The molecular formula is C27H39N3O5S. The molecule has 3 amide bonds. The van der Waals surface area contributed by atoms with Crippen LogP contribution in [0.4, 0.5) is 5.69 Å². The lowest BCUT2D eigenvalue weighted by atomic mass is 9.66. The summed E-state index contributed by atoms with van der Waals surface area (Å²) in [6.07, 6.45) is 1.94. The lowest BCUT2D eigenvalue weighted by molar-refractivity contribution is -0.142. The molecule has 0 radical (unpaired) electrons. The average molecular weight is 518 g/mol. The number of carbonyl (C=O) groups is 3. The average Bonchev–Trinajstić information content (AvgIpc) is 3.36. The molecule has 0 aliphatic carbocycles. The zero-order valence-corrected chi connectivity index (χ0v) is 22.9. The Labute approximate surface area is 217 Å². The van der Waals surface area contributed by atoms with Crippen molar-refractivity contribution in [3.05, 3.63) is 24.3 Å². The van der Waals surface area contributed by atoms with Gasteiger partial charge in [-0.25, -0.2) is 0 Å². The summed E-state index contributed by atoms with van der Waals surface area (Å²) in [6.45, 7) is 11.9. The third-order valence-electron chi connectivity index (χ3n) is 7.75. The van der Waals surface area contributed by atoms with Gasteiger partial charge in [0.05, 0.1) is 35.8 Å². The van der Waals surface area contributed by atoms with Crippen LogP contribution in [-0.2, 0) is 14.4 Å². The second-order valence-corrected chi connectivity index (χ2v) is 13.3. The molecule has 9 heteroatoms. The zero-order valence-electron chi connectivity index (χ0n) is 22.1. The third-order valence-corrected chi connectivity index (χ3v) is 9.74. The topological polar surface area (TPSA) is 108 Å². The maximum Gasteiger partial charge on any atom is 0.244 e. The van der Waals surface area contributed by atoms with Crippen LogP contribution in [0.3, 0.4) is 0 Å². The van der Waals surface area contributed by atoms with Crippen molar-refractivity contribution in [3.63, 3.8) is 0 Å². The number of nitrogens with one attached hydrogen (secondary N) is 2. The van der Waals surface area contributed by atoms with Gasteiger partial charge in [-0.3, -0.25) is 14.4 Å². The number of aliphatic hydroxyl groups excluding tert-OH is 1. The molecule has 1 aromatic carbocycles. The van der Waals surface area contributed by atoms with Crippen molar-refractivity contribution < 1.29 is 24.2 Å². The highest BCUT2D eigenvalue weighted by Gasteiger charge is 2.77. The first kappa shape index (κ1) is 26.8. The summed E-state index contributed by atoms with van der Waals surface area (Å²) in [5.41, 5.74) is 0.164. The van der Waals surface area contributed by atoms with Gasteiger partial charge in [0.1, 0.15) is 11.8 Å². The number of hydrogen-bond acceptors (Lipinski definition) is 6. The minimum absolute atomic E-state index is 0.201. The highest BCUT2D eigenvalue weighted by atomic mass is 32.2. The summed E-state index contributed by atoms with van der Waals surface area (Å²) in [5.74, 6) is -1.10. The van der Waals surface area contributed by atoms with Gasteiger partial charge >= 0.3 is 0 Å². The van der Waals surface area contributed by atoms with Crippen molar-refractivity contribution in [2.45, 2.75) is 87.9 Å². The Bertz CT molecular complexity index is 1020. The van der Waals surface area contributed by atoms with Gasteiger partial charge in [-0.1, -0.05) is 6.92 Å². The molecule has 36 heavy (non-hydrogen) atoms. The third kappa shape index (κ3) is 4.38. The van der Waals surface area contributed by atoms with Crippen molar-refractivity contribution in [2.24, 2.45) is 11.8 Å². The molecule has 3 N–H and O–H groups in total. The first-order valence-electron chi connectivity index (χ1n) is 12.9. The van der Waals surface area contributed by atoms with Crippen LogP contribution in [0.1, 0.15) is 60.8 Å². The van der Waals surface area contributed by atoms with Gasteiger partial charge in [-0.2, -0.15) is 0 Å². The number of aliphatic hydroxyl groups is 1. The summed E-state index contributed by atoms with van der Waals surface area (Å²) >= 11 is 1.63. The van der Waals surface area contributed by atoms with Crippen molar-refractivity contribution >= 4 is 35.2 Å². The maximum absolute atomic E-state index is 14.1. The maximum atomic E-state index is 14.1. The van der Waals surface area contributed by atoms with Crippen LogP contribution in [0.5, 0.6) is 5.75 Å². The van der Waals surface area contributed by atoms with Gasteiger partial charge in [0.2, 0.25) is 17.7 Å². The van der Waals surface area contributed by atoms with E-state index in [4.69, 9.17) is 4.74 Å². The number of amides is 3. The van der Waals surface area contributed by atoms with E-state index in [1.165, 1.54) is 0 Å². The Morgan fingerprint density at radius 1 is 1.19 bits per heavy atom. The fraction of sp³-hybridized carbons (Fsp3) is 0.667. The van der Waals surface area contributed by atoms with Crippen molar-refractivity contribution in [1.29, 1.82) is 0 Å². The molecule has 198 valence electrons. The van der Waals surface area contributed by atoms with E-state index in [2.05, 4.69) is 10.6 Å². The molecule has 8 nitrogen and oxygen atoms in total. The van der Waals surface area contributed by atoms with Gasteiger partial charge < -0.3 is 25.4 Å². The Hall–Kier alpha value is -2.26. The zero-order chi connectivity index (χ0) is 26.5. The largest absolute Gasteiger partial charge is 0.494 e. The molecular weight excluding hydrogens is 478 g/mol. The van der Waals surface area contributed by atoms with Gasteiger partial charge in [0.15, 0.2) is 0 Å². The van der Waals surface area contributed by atoms with Crippen LogP contribution in [0.2, 0.25) is 0 Å². The van der Waals surface area contributed by atoms with Crippen molar-refractivity contribution in [3.8, 4) is 5.75 Å². The minimum Gasteiger partial charge on any atom is -0.494 e. The van der Waals surface area contributed by atoms with Crippen LogP contribution >= 0.6 is 11.8 Å². The standard InChI is InChI=1S/C27H39N3O5S/c1-7-17(15-31)30-21(23(33)29-25(3,4)5)27-14-13-26(6,36-27)19(20(27)24(30)34)22(32)28-16-9-11-18(12-10-16)35-8-2/h9-12,17,19-21,31H,7-8,13-15H2,1-6H3,(H,28,32)(H,29,33)/t17-,19+,20-,21?,26-,27?/m0/s1. The Balaban J connectivity index is 1.69. The second kappa shape index (κ2) is 9.56. The summed E-state index contributed by atoms with van der Waals surface area (Å²) in [4.78, 5) is 43.1. The normalized spacial score (nSPS) is 31.8. The highest BCUT2D eigenvalue weighted by molar-refractivity contribution is 8.02. The van der Waals surface area contributed by atoms with Crippen LogP contribution in [0.25, 0.3) is 0 Å². The predicted molar refractivity (Wildman–Crippen MR) is 141 cm³/mol. The Morgan fingerprint density at radius 2 is 1.86 bits per heavy atom. The molecule has 3 fully saturated rings. The number of thioether (sulfide) groups is 1. The van der Waals surface area contributed by atoms with E-state index >= 15 is 0 Å². The lowest BCUT2D eigenvalue weighted by Gasteiger charge is -2.38. The van der Waals surface area contributed by atoms with E-state index in [1.807, 2.05) is 41.5 Å². The molecule has 1 aromatic rings. The molecule has 0 aromatic heterocycles. The van der Waals surface area contributed by atoms with Crippen molar-refractivity contribution in [1.82, 2.24) is 10.2 Å². The van der Waals surface area contributed by atoms with E-state index < -0.39 is 39.0 Å². The lowest BCUT2D eigenvalue weighted by Crippen LogP contribution is -2.59. The molecule has 2 bridgehead atoms. The molecule has 4 rings (SSSR count). The molecule has 2 unspecified atom stereocenters. The molecule has 0 saturated carbocycles. The molecule has 3 aliphatic heterocycles. The van der Waals surface area contributed by atoms with E-state index in [1.54, 1.807) is 40.9 Å². The first-order valence-corrected chi connectivity index (χ1v) is 13.7. The van der Waals surface area contributed by atoms with Gasteiger partial charge in [0.25, 0.3) is 0 Å². The molecule has 3 saturated heterocycles. The predicted octanol–water partition coefficient (Wildman–Crippen LogP) is 3.19. The first-order chi connectivity index (χ1) is 16.9. The quantitative estimate of drug-likeness (QED) is 0.489. The summed E-state index contributed by atoms with van der Waals surface area (Å²) < 4.78 is 4.33. The van der Waals surface area contributed by atoms with Crippen LogP contribution in [0.15, 0.2) is 24.3 Å². The fourth-order valence-electron chi connectivity index (χ4n) is 6.33. The Morgan fingerprint density at radius 3 is 2.42 bits per heavy atom. The fourth-order valence-corrected chi connectivity index (χ4v) is 8.67. The van der Waals surface area contributed by atoms with E-state index in [0.29, 0.717) is 25.1 Å². The van der Waals surface area contributed by atoms with Gasteiger partial charge in [-0.15, -0.1) is 11.8 Å². The van der Waals surface area contributed by atoms with Crippen LogP contribution < -0.4 is 15.4 Å². The van der Waals surface area contributed by atoms with E-state index in [-0.39, 0.29) is 24.3 Å². The van der Waals surface area contributed by atoms with Crippen LogP contribution in [-0.4, -0.2) is 68.1 Å². The number of carbonyl (C=O) groups excluding carboxylic acids is 3. The van der Waals surface area contributed by atoms with Crippen molar-refractivity contribution in [2.75, 3.05) is 18.5 Å². The minimum atomic E-state index is -0.735. The number of anilines is 1. The van der Waals surface area contributed by atoms with Gasteiger partial charge in [-0.05, 0) is 78.1 Å². The van der Waals surface area contributed by atoms with Crippen LogP contribution in [0, 0.1) is 11.8 Å². The summed E-state index contributed by atoms with van der Waals surface area (Å²) in [6, 6.07) is 5.99. The molecule has 3 heterocycles. The summed E-state index contributed by atoms with van der Waals surface area (Å²) in [7, 11) is 0. The SMILES string of the molecule is CCOc1ccc(NC(=O)[C@H]2[C@H]3C(=O)N([C@@H](CC)CO)C(C(=O)NC(C)(C)C)C34CC[C@]2(C)S4)cc1. The molecule has 1 spiro atoms. The van der Waals surface area contributed by atoms with E-state index in [0.717, 1.165) is 12.2 Å². The Kier molecular flexibility index (Phi) is 7.11. The number of fused-ring (bicyclic) bond motifs is 1. The monoisotopic (exact) mass is 517 g/mol. The van der Waals surface area contributed by atoms with E-state index in [9.17, 15) is 19.5 Å². The highest BCUT2D eigenvalue weighted by Crippen LogP contribution is 2.71. The number of hydrogen-bond donors (Lipinski definition) is 3. The second-order valence-electron chi connectivity index (χ2n) is 11.4. The smallest absolute Gasteiger partial charge is 0.244 e. The number of likely N-dealkylation sites (tertiary alicyclic amines) is 1. The number of ether oxygens (including phenoxy) is 1. The van der Waals surface area contributed by atoms with Gasteiger partial charge in [0, 0.05) is 16.0 Å². The summed E-state index contributed by atoms with van der Waals surface area (Å²) in [5, 5.41) is 16.2. The molecule has 6 atom stereocenters. The number of benzene rings is 1. The molecule has 3 aliphatic rings.